The van der Waals surface area contributed by atoms with Gasteiger partial charge in [0, 0.05) is 35.1 Å². The van der Waals surface area contributed by atoms with E-state index < -0.39 is 0 Å². The summed E-state index contributed by atoms with van der Waals surface area (Å²) in [5.41, 5.74) is 5.83. The molecule has 0 aromatic carbocycles. The van der Waals surface area contributed by atoms with Crippen molar-refractivity contribution < 1.29 is 0 Å². The molecule has 0 atom stereocenters. The number of nitrogens with zero attached hydrogens (tertiary/aromatic N) is 3. The Labute approximate surface area is 98.1 Å². The Kier molecular flexibility index (Phi) is 1.44. The van der Waals surface area contributed by atoms with Gasteiger partial charge in [-0.05, 0) is 31.5 Å². The number of rotatable bonds is 0. The molecule has 0 spiro atoms. The smallest absolute Gasteiger partial charge is 0.0988 e. The third kappa shape index (κ3) is 0.965. The molecule has 0 N–H and O–H groups in total. The van der Waals surface area contributed by atoms with Gasteiger partial charge in [0.15, 0.2) is 0 Å². The van der Waals surface area contributed by atoms with Crippen molar-refractivity contribution in [2.24, 2.45) is 0 Å². The van der Waals surface area contributed by atoms with E-state index in [0.29, 0.717) is 0 Å². The number of hydrogen-bond donors (Lipinski definition) is 0. The van der Waals surface area contributed by atoms with Crippen LogP contribution >= 0.6 is 0 Å². The molecule has 0 saturated carbocycles. The quantitative estimate of drug-likeness (QED) is 0.456. The van der Waals surface area contributed by atoms with Crippen LogP contribution in [0.1, 0.15) is 11.3 Å². The van der Waals surface area contributed by atoms with Crippen molar-refractivity contribution in [3.05, 3.63) is 42.0 Å². The molecule has 17 heavy (non-hydrogen) atoms. The Morgan fingerprint density at radius 1 is 1.18 bits per heavy atom. The molecule has 0 fully saturated rings. The molecule has 4 aromatic heterocycles. The normalized spacial score (nSPS) is 12.1. The van der Waals surface area contributed by atoms with E-state index in [1.165, 1.54) is 22.0 Å². The SMILES string of the molecule is Cc1cc2c(C)cn3c4ccncc4c(n1)c23. The summed E-state index contributed by atoms with van der Waals surface area (Å²) < 4.78 is 2.23. The summed E-state index contributed by atoms with van der Waals surface area (Å²) in [7, 11) is 0. The lowest BCUT2D eigenvalue weighted by Gasteiger charge is -1.96. The van der Waals surface area contributed by atoms with E-state index in [9.17, 15) is 0 Å². The minimum Gasteiger partial charge on any atom is -0.313 e. The predicted octanol–water partition coefficient (Wildman–Crippen LogP) is 3.09. The van der Waals surface area contributed by atoms with Crippen LogP contribution in [-0.4, -0.2) is 14.4 Å². The Morgan fingerprint density at radius 3 is 2.94 bits per heavy atom. The molecule has 0 saturated heterocycles. The Hall–Kier alpha value is -2.16. The van der Waals surface area contributed by atoms with E-state index in [-0.39, 0.29) is 0 Å². The highest BCUT2D eigenvalue weighted by Gasteiger charge is 2.15. The van der Waals surface area contributed by atoms with Crippen LogP contribution in [0.3, 0.4) is 0 Å². The second kappa shape index (κ2) is 2.74. The average molecular weight is 221 g/mol. The van der Waals surface area contributed by atoms with Crippen LogP contribution in [0.2, 0.25) is 0 Å². The van der Waals surface area contributed by atoms with Crippen LogP contribution < -0.4 is 0 Å². The van der Waals surface area contributed by atoms with Crippen LogP contribution in [0, 0.1) is 13.8 Å². The monoisotopic (exact) mass is 221 g/mol. The van der Waals surface area contributed by atoms with E-state index in [4.69, 9.17) is 0 Å². The van der Waals surface area contributed by atoms with Gasteiger partial charge in [-0.3, -0.25) is 9.97 Å². The zero-order valence-corrected chi connectivity index (χ0v) is 9.73. The number of aromatic nitrogens is 3. The molecule has 82 valence electrons. The van der Waals surface area contributed by atoms with Crippen LogP contribution in [0.25, 0.3) is 27.3 Å². The van der Waals surface area contributed by atoms with Gasteiger partial charge in [0.05, 0.1) is 16.6 Å². The van der Waals surface area contributed by atoms with Crippen LogP contribution in [-0.2, 0) is 0 Å². The van der Waals surface area contributed by atoms with Crippen molar-refractivity contribution >= 4 is 27.3 Å². The zero-order chi connectivity index (χ0) is 11.6. The van der Waals surface area contributed by atoms with E-state index >= 15 is 0 Å². The third-order valence-electron chi connectivity index (χ3n) is 3.42. The van der Waals surface area contributed by atoms with Gasteiger partial charge in [0.1, 0.15) is 0 Å². The average Bonchev–Trinajstić information content (AvgIpc) is 2.81. The topological polar surface area (TPSA) is 30.2 Å². The first kappa shape index (κ1) is 8.93. The molecule has 4 rings (SSSR count). The summed E-state index contributed by atoms with van der Waals surface area (Å²) in [6, 6.07) is 4.20. The minimum atomic E-state index is 1.06. The Balaban J connectivity index is 2.47. The summed E-state index contributed by atoms with van der Waals surface area (Å²) >= 11 is 0. The van der Waals surface area contributed by atoms with Gasteiger partial charge >= 0.3 is 0 Å². The summed E-state index contributed by atoms with van der Waals surface area (Å²) in [6.45, 7) is 4.19. The molecule has 0 aliphatic rings. The lowest BCUT2D eigenvalue weighted by molar-refractivity contribution is 1.25. The van der Waals surface area contributed by atoms with Gasteiger partial charge in [-0.25, -0.2) is 0 Å². The van der Waals surface area contributed by atoms with Crippen molar-refractivity contribution in [2.45, 2.75) is 13.8 Å². The molecule has 0 unspecified atom stereocenters. The van der Waals surface area contributed by atoms with E-state index in [0.717, 1.165) is 16.6 Å². The van der Waals surface area contributed by atoms with Crippen molar-refractivity contribution in [1.29, 1.82) is 0 Å². The van der Waals surface area contributed by atoms with Gasteiger partial charge < -0.3 is 4.40 Å². The third-order valence-corrected chi connectivity index (χ3v) is 3.42. The van der Waals surface area contributed by atoms with Gasteiger partial charge in [-0.1, -0.05) is 0 Å². The molecule has 0 aliphatic carbocycles. The lowest BCUT2D eigenvalue weighted by Crippen LogP contribution is -1.82. The molecule has 0 aliphatic heterocycles. The number of hydrogen-bond acceptors (Lipinski definition) is 2. The summed E-state index contributed by atoms with van der Waals surface area (Å²) in [5.74, 6) is 0. The second-order valence-electron chi connectivity index (χ2n) is 4.58. The van der Waals surface area contributed by atoms with E-state index in [1.807, 2.05) is 25.4 Å². The van der Waals surface area contributed by atoms with E-state index in [1.54, 1.807) is 0 Å². The second-order valence-corrected chi connectivity index (χ2v) is 4.58. The standard InChI is InChI=1S/C14H11N3/c1-8-7-17-12-3-4-15-6-11(12)13-14(17)10(8)5-9(2)16-13/h3-7H,1-2H3. The highest BCUT2D eigenvalue weighted by Crippen LogP contribution is 2.33. The van der Waals surface area contributed by atoms with Gasteiger partial charge in [0.2, 0.25) is 0 Å². The minimum absolute atomic E-state index is 1.06. The summed E-state index contributed by atoms with van der Waals surface area (Å²) in [4.78, 5) is 8.87. The maximum absolute atomic E-state index is 4.67. The van der Waals surface area contributed by atoms with E-state index in [2.05, 4.69) is 33.6 Å². The lowest BCUT2D eigenvalue weighted by atomic mass is 10.1. The molecule has 3 nitrogen and oxygen atoms in total. The number of aryl methyl sites for hydroxylation is 2. The number of fused-ring (bicyclic) bond motifs is 3. The molecule has 0 radical (unpaired) electrons. The van der Waals surface area contributed by atoms with Crippen LogP contribution in [0.15, 0.2) is 30.7 Å². The zero-order valence-electron chi connectivity index (χ0n) is 9.73. The first-order valence-corrected chi connectivity index (χ1v) is 5.70. The molecular formula is C14H11N3. The fourth-order valence-corrected chi connectivity index (χ4v) is 2.70. The molecule has 4 aromatic rings. The van der Waals surface area contributed by atoms with Crippen molar-refractivity contribution in [3.63, 3.8) is 0 Å². The highest BCUT2D eigenvalue weighted by molar-refractivity contribution is 6.12. The summed E-state index contributed by atoms with van der Waals surface area (Å²) in [6.07, 6.45) is 5.92. The molecular weight excluding hydrogens is 210 g/mol. The largest absolute Gasteiger partial charge is 0.313 e. The Morgan fingerprint density at radius 2 is 2.06 bits per heavy atom. The fourth-order valence-electron chi connectivity index (χ4n) is 2.70. The maximum Gasteiger partial charge on any atom is 0.0988 e. The number of pyridine rings is 2. The van der Waals surface area contributed by atoms with Crippen molar-refractivity contribution in [1.82, 2.24) is 14.4 Å². The summed E-state index contributed by atoms with van der Waals surface area (Å²) in [5, 5.41) is 2.43. The van der Waals surface area contributed by atoms with Crippen LogP contribution in [0.5, 0.6) is 0 Å². The van der Waals surface area contributed by atoms with Crippen LogP contribution in [0.4, 0.5) is 0 Å². The maximum atomic E-state index is 4.67. The molecule has 4 heterocycles. The van der Waals surface area contributed by atoms with Crippen molar-refractivity contribution in [3.8, 4) is 0 Å². The Bertz CT molecular complexity index is 843. The fraction of sp³-hybridized carbons (Fsp3) is 0.143. The first-order valence-electron chi connectivity index (χ1n) is 5.70. The molecule has 0 amide bonds. The molecule has 0 bridgehead atoms. The van der Waals surface area contributed by atoms with Gasteiger partial charge in [-0.2, -0.15) is 0 Å². The van der Waals surface area contributed by atoms with Gasteiger partial charge in [0.25, 0.3) is 0 Å². The predicted molar refractivity (Wildman–Crippen MR) is 68.7 cm³/mol. The molecule has 3 heteroatoms. The highest BCUT2D eigenvalue weighted by atomic mass is 14.9. The van der Waals surface area contributed by atoms with Crippen molar-refractivity contribution in [2.75, 3.05) is 0 Å². The first-order chi connectivity index (χ1) is 8.25. The van der Waals surface area contributed by atoms with Gasteiger partial charge in [-0.15, -0.1) is 0 Å².